The Morgan fingerprint density at radius 1 is 1.11 bits per heavy atom. The topological polar surface area (TPSA) is 127 Å². The summed E-state index contributed by atoms with van der Waals surface area (Å²) < 4.78 is 5.24. The summed E-state index contributed by atoms with van der Waals surface area (Å²) in [6.45, 7) is 0. The number of hydrogen-bond donors (Lipinski definition) is 1. The molecule has 0 amide bonds. The van der Waals surface area contributed by atoms with Gasteiger partial charge in [-0.05, 0) is 42.0 Å². The van der Waals surface area contributed by atoms with Gasteiger partial charge in [0, 0.05) is 23.6 Å². The lowest BCUT2D eigenvalue weighted by Gasteiger charge is -2.06. The maximum atomic E-state index is 11.9. The van der Waals surface area contributed by atoms with Gasteiger partial charge < -0.3 is 9.84 Å². The zero-order valence-electron chi connectivity index (χ0n) is 19.2. The van der Waals surface area contributed by atoms with Gasteiger partial charge in [-0.2, -0.15) is 5.11 Å². The van der Waals surface area contributed by atoms with Crippen LogP contribution in [0, 0.1) is 10.1 Å². The number of carboxylic acid groups (broad SMARTS) is 1. The van der Waals surface area contributed by atoms with E-state index >= 15 is 0 Å². The van der Waals surface area contributed by atoms with E-state index in [2.05, 4.69) is 15.2 Å². The highest BCUT2D eigenvalue weighted by Crippen LogP contribution is 2.42. The van der Waals surface area contributed by atoms with Gasteiger partial charge in [0.1, 0.15) is 5.75 Å². The number of benzene rings is 3. The lowest BCUT2D eigenvalue weighted by molar-refractivity contribution is -0.385. The van der Waals surface area contributed by atoms with Crippen molar-refractivity contribution >= 4 is 51.3 Å². The molecule has 0 bridgehead atoms. The molecule has 4 aromatic rings. The van der Waals surface area contributed by atoms with Gasteiger partial charge in [-0.1, -0.05) is 58.8 Å². The highest BCUT2D eigenvalue weighted by atomic mass is 35.5. The average molecular weight is 557 g/mol. The smallest absolute Gasteiger partial charge is 0.330 e. The summed E-state index contributed by atoms with van der Waals surface area (Å²) in [4.78, 5) is 28.0. The Balaban J connectivity index is 1.72. The van der Waals surface area contributed by atoms with E-state index < -0.39 is 16.9 Å². The molecule has 12 heteroatoms. The highest BCUT2D eigenvalue weighted by Gasteiger charge is 2.23. The predicted octanol–water partition coefficient (Wildman–Crippen LogP) is 7.48. The predicted molar refractivity (Wildman–Crippen MR) is 142 cm³/mol. The molecule has 0 fully saturated rings. The summed E-state index contributed by atoms with van der Waals surface area (Å²) in [5.74, 6) is -0.581. The number of nitrogens with zero attached hydrogens (tertiary/aromatic N) is 4. The van der Waals surface area contributed by atoms with Crippen LogP contribution in [0.15, 0.2) is 77.0 Å². The molecule has 9 nitrogen and oxygen atoms in total. The first-order valence-electron chi connectivity index (χ1n) is 10.7. The van der Waals surface area contributed by atoms with E-state index in [-0.39, 0.29) is 22.8 Å². The highest BCUT2D eigenvalue weighted by molar-refractivity contribution is 7.19. The van der Waals surface area contributed by atoms with Crippen molar-refractivity contribution in [2.45, 2.75) is 12.5 Å². The number of hydrogen-bond acceptors (Lipinski definition) is 8. The van der Waals surface area contributed by atoms with Crippen molar-refractivity contribution in [1.82, 2.24) is 4.98 Å². The standard InChI is InChI=1S/C25H18Cl2N4O5S/c1-36-17-9-6-14(7-10-17)23-22(16-8-11-18(26)19(27)12-16)28-25(37-23)30-29-20(24(32)33)13-15-4-2-3-5-21(15)31(34)35/h2-12,20H,13H2,1H3,(H,32,33). The molecular formula is C25H18Cl2N4O5S. The minimum absolute atomic E-state index is 0.179. The number of ether oxygens (including phenoxy) is 1. The SMILES string of the molecule is COc1ccc(-c2sc(N=NC(Cc3ccccc3[N+](=O)[O-])C(=O)O)nc2-c2ccc(Cl)c(Cl)c2)cc1. The zero-order chi connectivity index (χ0) is 26.5. The first-order chi connectivity index (χ1) is 17.8. The van der Waals surface area contributed by atoms with Crippen molar-refractivity contribution in [3.05, 3.63) is 92.5 Å². The molecule has 3 aromatic carbocycles. The van der Waals surface area contributed by atoms with E-state index in [1.54, 1.807) is 31.4 Å². The Morgan fingerprint density at radius 3 is 2.46 bits per heavy atom. The Labute approximate surface area is 225 Å². The van der Waals surface area contributed by atoms with E-state index in [4.69, 9.17) is 27.9 Å². The molecule has 37 heavy (non-hydrogen) atoms. The van der Waals surface area contributed by atoms with Crippen LogP contribution in [-0.4, -0.2) is 34.1 Å². The third kappa shape index (κ3) is 6.11. The van der Waals surface area contributed by atoms with E-state index in [0.717, 1.165) is 10.4 Å². The number of para-hydroxylation sites is 1. The maximum Gasteiger partial charge on any atom is 0.330 e. The van der Waals surface area contributed by atoms with Crippen molar-refractivity contribution in [2.75, 3.05) is 7.11 Å². The second-order valence-electron chi connectivity index (χ2n) is 7.69. The van der Waals surface area contributed by atoms with Gasteiger partial charge in [-0.25, -0.2) is 9.78 Å². The molecule has 1 N–H and O–H groups in total. The van der Waals surface area contributed by atoms with E-state index in [0.29, 0.717) is 27.1 Å². The number of methoxy groups -OCH3 is 1. The Hall–Kier alpha value is -3.86. The van der Waals surface area contributed by atoms with Crippen molar-refractivity contribution in [3.8, 4) is 27.4 Å². The van der Waals surface area contributed by atoms with Crippen LogP contribution < -0.4 is 4.74 Å². The number of nitro groups is 1. The fourth-order valence-electron chi connectivity index (χ4n) is 3.50. The molecule has 1 heterocycles. The summed E-state index contributed by atoms with van der Waals surface area (Å²) >= 11 is 13.5. The number of rotatable bonds is 9. The minimum Gasteiger partial charge on any atom is -0.497 e. The summed E-state index contributed by atoms with van der Waals surface area (Å²) in [5, 5.41) is 30.0. The fourth-order valence-corrected chi connectivity index (χ4v) is 4.71. The molecule has 0 aliphatic rings. The van der Waals surface area contributed by atoms with Gasteiger partial charge >= 0.3 is 5.97 Å². The van der Waals surface area contributed by atoms with Crippen LogP contribution in [0.4, 0.5) is 10.8 Å². The van der Waals surface area contributed by atoms with Crippen molar-refractivity contribution < 1.29 is 19.6 Å². The lowest BCUT2D eigenvalue weighted by Crippen LogP contribution is -2.20. The second-order valence-corrected chi connectivity index (χ2v) is 9.48. The quantitative estimate of drug-likeness (QED) is 0.129. The van der Waals surface area contributed by atoms with Crippen molar-refractivity contribution in [1.29, 1.82) is 0 Å². The van der Waals surface area contributed by atoms with Gasteiger partial charge in [-0.15, -0.1) is 5.11 Å². The van der Waals surface area contributed by atoms with Crippen LogP contribution in [0.3, 0.4) is 0 Å². The second kappa shape index (κ2) is 11.5. The number of carboxylic acids is 1. The molecule has 1 aromatic heterocycles. The van der Waals surface area contributed by atoms with Crippen LogP contribution in [0.2, 0.25) is 10.0 Å². The van der Waals surface area contributed by atoms with E-state index in [1.165, 1.54) is 29.5 Å². The van der Waals surface area contributed by atoms with Gasteiger partial charge in [0.05, 0.1) is 32.6 Å². The summed E-state index contributed by atoms with van der Waals surface area (Å²) in [6, 6.07) is 17.0. The Morgan fingerprint density at radius 2 is 1.81 bits per heavy atom. The van der Waals surface area contributed by atoms with Gasteiger partial charge in [0.2, 0.25) is 5.13 Å². The molecule has 0 saturated heterocycles. The molecule has 0 radical (unpaired) electrons. The number of aromatic nitrogens is 1. The monoisotopic (exact) mass is 556 g/mol. The molecule has 0 saturated carbocycles. The normalized spacial score (nSPS) is 12.0. The number of carbonyl (C=O) groups is 1. The first-order valence-corrected chi connectivity index (χ1v) is 12.3. The van der Waals surface area contributed by atoms with Crippen LogP contribution in [0.5, 0.6) is 5.75 Å². The number of halogens is 2. The van der Waals surface area contributed by atoms with Crippen molar-refractivity contribution in [3.63, 3.8) is 0 Å². The Kier molecular flexibility index (Phi) is 8.12. The third-order valence-corrected chi connectivity index (χ3v) is 7.06. The molecular weight excluding hydrogens is 539 g/mol. The van der Waals surface area contributed by atoms with Crippen LogP contribution in [0.1, 0.15) is 5.56 Å². The number of thiazole rings is 1. The zero-order valence-corrected chi connectivity index (χ0v) is 21.5. The molecule has 0 aliphatic carbocycles. The van der Waals surface area contributed by atoms with E-state index in [1.807, 2.05) is 24.3 Å². The molecule has 1 unspecified atom stereocenters. The minimum atomic E-state index is -1.34. The molecule has 0 aliphatic heterocycles. The number of azo groups is 1. The Bertz CT molecular complexity index is 1490. The van der Waals surface area contributed by atoms with Crippen LogP contribution in [-0.2, 0) is 11.2 Å². The molecule has 4 rings (SSSR count). The molecule has 188 valence electrons. The van der Waals surface area contributed by atoms with E-state index in [9.17, 15) is 20.0 Å². The molecule has 1 atom stereocenters. The van der Waals surface area contributed by atoms with Crippen LogP contribution in [0.25, 0.3) is 21.7 Å². The average Bonchev–Trinajstić information content (AvgIpc) is 3.32. The first kappa shape index (κ1) is 26.2. The number of aliphatic carboxylic acids is 1. The third-order valence-electron chi connectivity index (χ3n) is 5.33. The van der Waals surface area contributed by atoms with Gasteiger partial charge in [0.15, 0.2) is 6.04 Å². The van der Waals surface area contributed by atoms with Crippen molar-refractivity contribution in [2.24, 2.45) is 10.2 Å². The largest absolute Gasteiger partial charge is 0.497 e. The summed E-state index contributed by atoms with van der Waals surface area (Å²) in [6.07, 6.45) is -0.202. The summed E-state index contributed by atoms with van der Waals surface area (Å²) in [5.41, 5.74) is 2.15. The van der Waals surface area contributed by atoms with Crippen LogP contribution >= 0.6 is 34.5 Å². The van der Waals surface area contributed by atoms with Gasteiger partial charge in [-0.3, -0.25) is 10.1 Å². The molecule has 0 spiro atoms. The van der Waals surface area contributed by atoms with Gasteiger partial charge in [0.25, 0.3) is 5.69 Å². The fraction of sp³-hybridized carbons (Fsp3) is 0.120. The summed E-state index contributed by atoms with van der Waals surface area (Å²) in [7, 11) is 1.57. The maximum absolute atomic E-state index is 11.9. The number of nitro benzene ring substituents is 1. The lowest BCUT2D eigenvalue weighted by atomic mass is 10.0.